The summed E-state index contributed by atoms with van der Waals surface area (Å²) in [4.78, 5) is 10.1. The van der Waals surface area contributed by atoms with Gasteiger partial charge in [-0.1, -0.05) is 23.2 Å². The van der Waals surface area contributed by atoms with Crippen LogP contribution in [0.5, 0.6) is 0 Å². The van der Waals surface area contributed by atoms with E-state index in [1.807, 2.05) is 13.0 Å². The van der Waals surface area contributed by atoms with Crippen molar-refractivity contribution in [1.82, 2.24) is 5.32 Å². The van der Waals surface area contributed by atoms with Crippen molar-refractivity contribution in [3.63, 3.8) is 0 Å². The Morgan fingerprint density at radius 1 is 1.46 bits per heavy atom. The predicted octanol–water partition coefficient (Wildman–Crippen LogP) is 2.55. The molecule has 1 N–H and O–H groups in total. The van der Waals surface area contributed by atoms with Crippen LogP contribution in [0.2, 0.25) is 10.0 Å². The number of halogens is 2. The predicted molar refractivity (Wildman–Crippen MR) is 54.1 cm³/mol. The molecule has 0 fully saturated rings. The molecular weight excluding hydrogens is 209 g/mol. The Balaban J connectivity index is 2.98. The van der Waals surface area contributed by atoms with E-state index in [-0.39, 0.29) is 0 Å². The van der Waals surface area contributed by atoms with E-state index in [1.165, 1.54) is 0 Å². The first-order valence-corrected chi connectivity index (χ1v) is 4.52. The summed E-state index contributed by atoms with van der Waals surface area (Å²) in [6.07, 6.45) is 0.643. The number of carbonyl (C=O) groups excluding carboxylic acids is 1. The van der Waals surface area contributed by atoms with Gasteiger partial charge in [0.05, 0.1) is 0 Å². The molecule has 4 heteroatoms. The van der Waals surface area contributed by atoms with Crippen LogP contribution in [0.25, 0.3) is 0 Å². The number of amides is 1. The number of benzene rings is 1. The van der Waals surface area contributed by atoms with Crippen molar-refractivity contribution in [3.05, 3.63) is 33.3 Å². The fourth-order valence-corrected chi connectivity index (χ4v) is 1.76. The lowest BCUT2D eigenvalue weighted by molar-refractivity contribution is -0.109. The van der Waals surface area contributed by atoms with Crippen LogP contribution in [0.4, 0.5) is 0 Å². The van der Waals surface area contributed by atoms with Crippen molar-refractivity contribution in [2.45, 2.75) is 13.5 Å². The van der Waals surface area contributed by atoms with Crippen molar-refractivity contribution in [2.24, 2.45) is 0 Å². The molecule has 1 aromatic rings. The van der Waals surface area contributed by atoms with Crippen LogP contribution in [0.3, 0.4) is 0 Å². The summed E-state index contributed by atoms with van der Waals surface area (Å²) in [6, 6.07) is 3.48. The van der Waals surface area contributed by atoms with Crippen LogP contribution in [0.1, 0.15) is 11.1 Å². The highest BCUT2D eigenvalue weighted by atomic mass is 35.5. The zero-order chi connectivity index (χ0) is 9.84. The third kappa shape index (κ3) is 2.61. The van der Waals surface area contributed by atoms with Crippen LogP contribution in [0.15, 0.2) is 12.1 Å². The van der Waals surface area contributed by atoms with Gasteiger partial charge in [-0.15, -0.1) is 0 Å². The van der Waals surface area contributed by atoms with Gasteiger partial charge in [0, 0.05) is 16.6 Å². The molecule has 0 aliphatic rings. The molecule has 0 unspecified atom stereocenters. The first-order chi connectivity index (χ1) is 6.15. The number of carbonyl (C=O) groups is 1. The molecule has 0 saturated carbocycles. The number of hydrogen-bond acceptors (Lipinski definition) is 1. The average molecular weight is 218 g/mol. The Labute approximate surface area is 86.8 Å². The molecule has 0 atom stereocenters. The first-order valence-electron chi connectivity index (χ1n) is 3.76. The third-order valence-corrected chi connectivity index (χ3v) is 2.30. The van der Waals surface area contributed by atoms with E-state index in [1.54, 1.807) is 6.07 Å². The molecule has 0 aromatic heterocycles. The van der Waals surface area contributed by atoms with Gasteiger partial charge in [-0.25, -0.2) is 0 Å². The highest BCUT2D eigenvalue weighted by Crippen LogP contribution is 2.24. The average Bonchev–Trinajstić information content (AvgIpc) is 2.02. The summed E-state index contributed by atoms with van der Waals surface area (Å²) in [5.74, 6) is 0. The van der Waals surface area contributed by atoms with Crippen molar-refractivity contribution in [1.29, 1.82) is 0 Å². The molecule has 0 spiro atoms. The van der Waals surface area contributed by atoms with Crippen molar-refractivity contribution in [3.8, 4) is 0 Å². The third-order valence-electron chi connectivity index (χ3n) is 1.75. The summed E-state index contributed by atoms with van der Waals surface area (Å²) in [5.41, 5.74) is 1.88. The van der Waals surface area contributed by atoms with Gasteiger partial charge in [0.25, 0.3) is 0 Å². The van der Waals surface area contributed by atoms with Gasteiger partial charge >= 0.3 is 0 Å². The highest BCUT2D eigenvalue weighted by molar-refractivity contribution is 6.35. The lowest BCUT2D eigenvalue weighted by atomic mass is 10.1. The van der Waals surface area contributed by atoms with Crippen LogP contribution in [-0.4, -0.2) is 6.41 Å². The van der Waals surface area contributed by atoms with Gasteiger partial charge in [-0.3, -0.25) is 4.79 Å². The number of nitrogens with one attached hydrogen (secondary N) is 1. The van der Waals surface area contributed by atoms with Gasteiger partial charge in [0.1, 0.15) is 0 Å². The Hall–Kier alpha value is -0.730. The zero-order valence-electron chi connectivity index (χ0n) is 7.10. The molecule has 0 bridgehead atoms. The molecule has 0 aliphatic carbocycles. The van der Waals surface area contributed by atoms with Crippen molar-refractivity contribution in [2.75, 3.05) is 0 Å². The Morgan fingerprint density at radius 3 is 2.69 bits per heavy atom. The summed E-state index contributed by atoms with van der Waals surface area (Å²) in [5, 5.41) is 3.75. The molecule has 0 radical (unpaired) electrons. The quantitative estimate of drug-likeness (QED) is 0.776. The minimum atomic E-state index is 0.436. The van der Waals surface area contributed by atoms with Gasteiger partial charge < -0.3 is 5.32 Å². The van der Waals surface area contributed by atoms with E-state index in [9.17, 15) is 4.79 Å². The van der Waals surface area contributed by atoms with E-state index < -0.39 is 0 Å². The lowest BCUT2D eigenvalue weighted by Crippen LogP contribution is -2.11. The summed E-state index contributed by atoms with van der Waals surface area (Å²) in [7, 11) is 0. The molecule has 1 aromatic carbocycles. The molecule has 13 heavy (non-hydrogen) atoms. The van der Waals surface area contributed by atoms with E-state index in [0.717, 1.165) is 11.1 Å². The van der Waals surface area contributed by atoms with Crippen LogP contribution in [0, 0.1) is 6.92 Å². The Morgan fingerprint density at radius 2 is 2.15 bits per heavy atom. The summed E-state index contributed by atoms with van der Waals surface area (Å²) < 4.78 is 0. The minimum absolute atomic E-state index is 0.436. The zero-order valence-corrected chi connectivity index (χ0v) is 8.62. The fraction of sp³-hybridized carbons (Fsp3) is 0.222. The standard InChI is InChI=1S/C9H9Cl2NO/c1-6-2-7(10)3-9(11)8(6)4-12-5-13/h2-3,5H,4H2,1H3,(H,12,13). The van der Waals surface area contributed by atoms with Crippen LogP contribution < -0.4 is 5.32 Å². The smallest absolute Gasteiger partial charge is 0.207 e. The Bertz CT molecular complexity index is 302. The monoisotopic (exact) mass is 217 g/mol. The van der Waals surface area contributed by atoms with Gasteiger partial charge in [0.2, 0.25) is 6.41 Å². The highest BCUT2D eigenvalue weighted by Gasteiger charge is 2.04. The molecular formula is C9H9Cl2NO. The maximum atomic E-state index is 10.1. The Kier molecular flexibility index (Phi) is 3.58. The number of hydrogen-bond donors (Lipinski definition) is 1. The van der Waals surface area contributed by atoms with E-state index >= 15 is 0 Å². The lowest BCUT2D eigenvalue weighted by Gasteiger charge is -2.07. The van der Waals surface area contributed by atoms with E-state index in [4.69, 9.17) is 23.2 Å². The van der Waals surface area contributed by atoms with E-state index in [0.29, 0.717) is 23.0 Å². The normalized spacial score (nSPS) is 9.77. The van der Waals surface area contributed by atoms with Gasteiger partial charge in [-0.05, 0) is 30.2 Å². The fourth-order valence-electron chi connectivity index (χ4n) is 1.10. The van der Waals surface area contributed by atoms with E-state index in [2.05, 4.69) is 5.32 Å². The topological polar surface area (TPSA) is 29.1 Å². The molecule has 0 heterocycles. The molecule has 0 aliphatic heterocycles. The summed E-state index contributed by atoms with van der Waals surface area (Å²) >= 11 is 11.7. The van der Waals surface area contributed by atoms with Crippen LogP contribution >= 0.6 is 23.2 Å². The largest absolute Gasteiger partial charge is 0.355 e. The molecule has 2 nitrogen and oxygen atoms in total. The second-order valence-corrected chi connectivity index (χ2v) is 3.53. The second-order valence-electron chi connectivity index (χ2n) is 2.68. The second kappa shape index (κ2) is 4.49. The maximum absolute atomic E-state index is 10.1. The minimum Gasteiger partial charge on any atom is -0.355 e. The molecule has 70 valence electrons. The van der Waals surface area contributed by atoms with Gasteiger partial charge in [0.15, 0.2) is 0 Å². The van der Waals surface area contributed by atoms with Gasteiger partial charge in [-0.2, -0.15) is 0 Å². The number of rotatable bonds is 3. The van der Waals surface area contributed by atoms with Crippen molar-refractivity contribution >= 4 is 29.6 Å². The molecule has 1 amide bonds. The van der Waals surface area contributed by atoms with Crippen LogP contribution in [-0.2, 0) is 11.3 Å². The molecule has 1 rings (SSSR count). The van der Waals surface area contributed by atoms with Crippen molar-refractivity contribution < 1.29 is 4.79 Å². The first kappa shape index (κ1) is 10.4. The molecule has 0 saturated heterocycles. The maximum Gasteiger partial charge on any atom is 0.207 e. The summed E-state index contributed by atoms with van der Waals surface area (Å²) in [6.45, 7) is 2.34. The SMILES string of the molecule is Cc1cc(Cl)cc(Cl)c1CNC=O. The number of aryl methyl sites for hydroxylation is 1.